The first-order valence-corrected chi connectivity index (χ1v) is 8.52. The van der Waals surface area contributed by atoms with E-state index in [0.717, 1.165) is 31.4 Å². The highest BCUT2D eigenvalue weighted by Crippen LogP contribution is 2.27. The lowest BCUT2D eigenvalue weighted by molar-refractivity contribution is -0.120. The molecule has 0 saturated carbocycles. The number of hydrogen-bond acceptors (Lipinski definition) is 3. The van der Waals surface area contributed by atoms with Crippen molar-refractivity contribution in [3.8, 4) is 5.75 Å². The number of phenols is 1. The molecule has 2 atom stereocenters. The summed E-state index contributed by atoms with van der Waals surface area (Å²) in [5.41, 5.74) is 2.76. The number of rotatable bonds is 4. The first kappa shape index (κ1) is 19.3. The van der Waals surface area contributed by atoms with Crippen molar-refractivity contribution in [1.82, 2.24) is 5.32 Å². The molecule has 1 fully saturated rings. The van der Waals surface area contributed by atoms with E-state index in [-0.39, 0.29) is 30.0 Å². The Bertz CT molecular complexity index is 706. The fourth-order valence-corrected chi connectivity index (χ4v) is 3.23. The number of carbonyl (C=O) groups excluding carboxylic acids is 1. The standard InChI is InChI=1S/C20H24N2O2.ClH/c1-14-11-17(9-10-21-14)20(24)22-18-13-16(7-8-19(18)23)12-15-5-3-2-4-6-15;/h2-8,13-14,17,21,23H,9-12H2,1H3,(H,22,24);1H/t14-,17-;/m0./s1. The number of phenolic OH excluding ortho intramolecular Hbond substituents is 1. The van der Waals surface area contributed by atoms with Crippen LogP contribution in [0.25, 0.3) is 0 Å². The zero-order chi connectivity index (χ0) is 16.9. The molecule has 1 saturated heterocycles. The van der Waals surface area contributed by atoms with E-state index in [9.17, 15) is 9.90 Å². The van der Waals surface area contributed by atoms with Crippen molar-refractivity contribution in [2.45, 2.75) is 32.2 Å². The fraction of sp³-hybridized carbons (Fsp3) is 0.350. The third kappa shape index (κ3) is 5.21. The van der Waals surface area contributed by atoms with Gasteiger partial charge in [0.1, 0.15) is 5.75 Å². The highest BCUT2D eigenvalue weighted by atomic mass is 35.5. The largest absolute Gasteiger partial charge is 0.506 e. The summed E-state index contributed by atoms with van der Waals surface area (Å²) in [5, 5.41) is 16.3. The second-order valence-electron chi connectivity index (χ2n) is 6.58. The van der Waals surface area contributed by atoms with Gasteiger partial charge in [-0.05, 0) is 56.0 Å². The first-order valence-electron chi connectivity index (χ1n) is 8.52. The van der Waals surface area contributed by atoms with E-state index in [1.54, 1.807) is 6.07 Å². The Morgan fingerprint density at radius 3 is 2.68 bits per heavy atom. The Morgan fingerprint density at radius 2 is 1.96 bits per heavy atom. The van der Waals surface area contributed by atoms with Crippen LogP contribution in [-0.2, 0) is 11.2 Å². The predicted molar refractivity (Wildman–Crippen MR) is 103 cm³/mol. The highest BCUT2D eigenvalue weighted by molar-refractivity contribution is 5.94. The second kappa shape index (κ2) is 8.88. The van der Waals surface area contributed by atoms with Crippen LogP contribution in [0.2, 0.25) is 0 Å². The third-order valence-electron chi connectivity index (χ3n) is 4.56. The van der Waals surface area contributed by atoms with Gasteiger partial charge in [-0.25, -0.2) is 0 Å². The van der Waals surface area contributed by atoms with Crippen molar-refractivity contribution in [2.75, 3.05) is 11.9 Å². The number of amides is 1. The maximum absolute atomic E-state index is 12.5. The van der Waals surface area contributed by atoms with Crippen LogP contribution in [-0.4, -0.2) is 23.6 Å². The molecule has 0 bridgehead atoms. The van der Waals surface area contributed by atoms with Gasteiger partial charge in [-0.3, -0.25) is 4.79 Å². The van der Waals surface area contributed by atoms with Gasteiger partial charge in [0.15, 0.2) is 0 Å². The lowest BCUT2D eigenvalue weighted by Crippen LogP contribution is -2.40. The molecule has 0 aliphatic carbocycles. The zero-order valence-electron chi connectivity index (χ0n) is 14.4. The Labute approximate surface area is 155 Å². The van der Waals surface area contributed by atoms with Crippen molar-refractivity contribution in [1.29, 1.82) is 0 Å². The Balaban J connectivity index is 0.00000225. The molecule has 1 amide bonds. The molecular weight excluding hydrogens is 336 g/mol. The maximum atomic E-state index is 12.5. The van der Waals surface area contributed by atoms with E-state index in [4.69, 9.17) is 0 Å². The Hall–Kier alpha value is -2.04. The van der Waals surface area contributed by atoms with E-state index >= 15 is 0 Å². The zero-order valence-corrected chi connectivity index (χ0v) is 15.2. The van der Waals surface area contributed by atoms with Crippen LogP contribution in [0.3, 0.4) is 0 Å². The highest BCUT2D eigenvalue weighted by Gasteiger charge is 2.25. The van der Waals surface area contributed by atoms with Gasteiger partial charge < -0.3 is 15.7 Å². The average molecular weight is 361 g/mol. The molecule has 25 heavy (non-hydrogen) atoms. The van der Waals surface area contributed by atoms with Gasteiger partial charge in [0.2, 0.25) is 5.91 Å². The predicted octanol–water partition coefficient (Wildman–Crippen LogP) is 3.73. The Morgan fingerprint density at radius 1 is 1.20 bits per heavy atom. The summed E-state index contributed by atoms with van der Waals surface area (Å²) in [5.74, 6) is 0.107. The minimum atomic E-state index is -0.00416. The van der Waals surface area contributed by atoms with Gasteiger partial charge in [0, 0.05) is 12.0 Å². The number of piperidine rings is 1. The van der Waals surface area contributed by atoms with E-state index < -0.39 is 0 Å². The van der Waals surface area contributed by atoms with Gasteiger partial charge in [-0.1, -0.05) is 36.4 Å². The van der Waals surface area contributed by atoms with Crippen molar-refractivity contribution < 1.29 is 9.90 Å². The van der Waals surface area contributed by atoms with E-state index in [0.29, 0.717) is 11.7 Å². The average Bonchev–Trinajstić information content (AvgIpc) is 2.59. The van der Waals surface area contributed by atoms with Crippen LogP contribution in [0, 0.1) is 5.92 Å². The molecule has 0 unspecified atom stereocenters. The maximum Gasteiger partial charge on any atom is 0.227 e. The van der Waals surface area contributed by atoms with Crippen LogP contribution in [0.15, 0.2) is 48.5 Å². The molecule has 134 valence electrons. The molecule has 2 aromatic rings. The summed E-state index contributed by atoms with van der Waals surface area (Å²) in [6.45, 7) is 2.96. The van der Waals surface area contributed by atoms with Crippen LogP contribution >= 0.6 is 12.4 Å². The van der Waals surface area contributed by atoms with E-state index in [1.807, 2.05) is 30.3 Å². The summed E-state index contributed by atoms with van der Waals surface area (Å²) in [6.07, 6.45) is 2.44. The number of benzene rings is 2. The number of halogens is 1. The number of anilines is 1. The number of carbonyl (C=O) groups is 1. The molecule has 5 heteroatoms. The summed E-state index contributed by atoms with van der Waals surface area (Å²) in [4.78, 5) is 12.5. The van der Waals surface area contributed by atoms with Crippen molar-refractivity contribution in [2.24, 2.45) is 5.92 Å². The van der Waals surface area contributed by atoms with Crippen LogP contribution in [0.1, 0.15) is 30.9 Å². The topological polar surface area (TPSA) is 61.4 Å². The monoisotopic (exact) mass is 360 g/mol. The molecule has 4 nitrogen and oxygen atoms in total. The van der Waals surface area contributed by atoms with E-state index in [2.05, 4.69) is 29.7 Å². The molecule has 3 rings (SSSR count). The molecule has 1 aliphatic heterocycles. The first-order chi connectivity index (χ1) is 11.6. The lowest BCUT2D eigenvalue weighted by atomic mass is 9.92. The van der Waals surface area contributed by atoms with E-state index in [1.165, 1.54) is 5.56 Å². The fourth-order valence-electron chi connectivity index (χ4n) is 3.23. The number of hydrogen-bond donors (Lipinski definition) is 3. The van der Waals surface area contributed by atoms with Crippen molar-refractivity contribution in [3.05, 3.63) is 59.7 Å². The van der Waals surface area contributed by atoms with Crippen LogP contribution in [0.4, 0.5) is 5.69 Å². The molecule has 0 radical (unpaired) electrons. The van der Waals surface area contributed by atoms with Gasteiger partial charge in [0.25, 0.3) is 0 Å². The molecule has 1 aliphatic rings. The third-order valence-corrected chi connectivity index (χ3v) is 4.56. The minimum absolute atomic E-state index is 0. The lowest BCUT2D eigenvalue weighted by Gasteiger charge is -2.27. The normalized spacial score (nSPS) is 19.7. The van der Waals surface area contributed by atoms with Gasteiger partial charge >= 0.3 is 0 Å². The van der Waals surface area contributed by atoms with Gasteiger partial charge in [-0.15, -0.1) is 12.4 Å². The summed E-state index contributed by atoms with van der Waals surface area (Å²) in [7, 11) is 0. The smallest absolute Gasteiger partial charge is 0.227 e. The van der Waals surface area contributed by atoms with Crippen molar-refractivity contribution in [3.63, 3.8) is 0 Å². The molecule has 0 spiro atoms. The summed E-state index contributed by atoms with van der Waals surface area (Å²) >= 11 is 0. The van der Waals surface area contributed by atoms with Crippen molar-refractivity contribution >= 4 is 24.0 Å². The Kier molecular flexibility index (Phi) is 6.85. The number of aromatic hydroxyl groups is 1. The van der Waals surface area contributed by atoms with Gasteiger partial charge in [0.05, 0.1) is 5.69 Å². The summed E-state index contributed by atoms with van der Waals surface area (Å²) in [6, 6.07) is 15.9. The molecule has 0 aromatic heterocycles. The minimum Gasteiger partial charge on any atom is -0.506 e. The quantitative estimate of drug-likeness (QED) is 0.728. The second-order valence-corrected chi connectivity index (χ2v) is 6.58. The van der Waals surface area contributed by atoms with Crippen LogP contribution < -0.4 is 10.6 Å². The molecular formula is C20H25ClN2O2. The SMILES string of the molecule is C[C@H]1C[C@@H](C(=O)Nc2cc(Cc3ccccc3)ccc2O)CCN1.Cl. The number of nitrogens with one attached hydrogen (secondary N) is 2. The molecule has 3 N–H and O–H groups in total. The molecule has 2 aromatic carbocycles. The van der Waals surface area contributed by atoms with Gasteiger partial charge in [-0.2, -0.15) is 0 Å². The molecule has 1 heterocycles. The van der Waals surface area contributed by atoms with Crippen LogP contribution in [0.5, 0.6) is 5.75 Å². The summed E-state index contributed by atoms with van der Waals surface area (Å²) < 4.78 is 0.